The van der Waals surface area contributed by atoms with Gasteiger partial charge in [0.15, 0.2) is 6.61 Å². The molecule has 2 atom stereocenters. The summed E-state index contributed by atoms with van der Waals surface area (Å²) in [4.78, 5) is 24.3. The van der Waals surface area contributed by atoms with Crippen LogP contribution in [0.5, 0.6) is 5.88 Å². The monoisotopic (exact) mass is 501 g/mol. The second kappa shape index (κ2) is 8.91. The number of amides is 1. The summed E-state index contributed by atoms with van der Waals surface area (Å²) in [6.07, 6.45) is -2.15. The van der Waals surface area contributed by atoms with Gasteiger partial charge in [0.25, 0.3) is 11.9 Å². The Morgan fingerprint density at radius 3 is 2.71 bits per heavy atom. The van der Waals surface area contributed by atoms with Gasteiger partial charge in [0.1, 0.15) is 23.7 Å². The lowest BCUT2D eigenvalue weighted by Crippen LogP contribution is -2.50. The largest absolute Gasteiger partial charge is 0.470 e. The molecule has 0 radical (unpaired) electrons. The highest BCUT2D eigenvalue weighted by Gasteiger charge is 2.58. The number of benzene rings is 1. The third-order valence-corrected chi connectivity index (χ3v) is 5.83. The minimum absolute atomic E-state index is 0.0550. The molecule has 2 aliphatic heterocycles. The van der Waals surface area contributed by atoms with Gasteiger partial charge in [-0.1, -0.05) is 6.92 Å². The van der Waals surface area contributed by atoms with Crippen LogP contribution in [0.25, 0.3) is 0 Å². The summed E-state index contributed by atoms with van der Waals surface area (Å²) in [7, 11) is 0. The number of aromatic nitrogens is 2. The van der Waals surface area contributed by atoms with Crippen LogP contribution in [0, 0.1) is 11.2 Å². The lowest BCUT2D eigenvalue weighted by molar-refractivity contribution is -0.148. The van der Waals surface area contributed by atoms with Crippen molar-refractivity contribution in [2.45, 2.75) is 24.8 Å². The number of carbonyl (C=O) groups is 1. The number of hydrogen-bond acceptors (Lipinski definition) is 8. The second-order valence-corrected chi connectivity index (χ2v) is 8.39. The van der Waals surface area contributed by atoms with Gasteiger partial charge in [-0.2, -0.15) is 8.78 Å². The Labute approximate surface area is 195 Å². The number of rotatable bonds is 7. The molecule has 9 nitrogen and oxygen atoms in total. The predicted octanol–water partition coefficient (Wildman–Crippen LogP) is 2.72. The highest BCUT2D eigenvalue weighted by molar-refractivity contribution is 6.02. The van der Waals surface area contributed by atoms with Crippen molar-refractivity contribution in [1.29, 1.82) is 0 Å². The number of fused-ring (bicyclic) bond motifs is 1. The highest BCUT2D eigenvalue weighted by atomic mass is 19.3. The standard InChI is InChI=1S/C21H20F5N5O4/c1-19-7-33-9-20(19,31-18(27)35-8-19)12-4-11(2-3-13(12)22)30-16(32)14-5-29-15(6-28-14)34-10-21(25,26)17(23)24/h2-6,17H,7-10H2,1H3,(H2,27,31)(H,30,32). The minimum atomic E-state index is -4.36. The number of amidine groups is 1. The molecule has 14 heteroatoms. The second-order valence-electron chi connectivity index (χ2n) is 8.39. The molecule has 2 aliphatic rings. The Morgan fingerprint density at radius 2 is 2.03 bits per heavy atom. The topological polar surface area (TPSA) is 121 Å². The fraction of sp³-hybridized carbons (Fsp3) is 0.429. The third kappa shape index (κ3) is 4.57. The van der Waals surface area contributed by atoms with Crippen molar-refractivity contribution in [1.82, 2.24) is 9.97 Å². The van der Waals surface area contributed by atoms with Gasteiger partial charge in [0.05, 0.1) is 31.0 Å². The molecule has 1 saturated heterocycles. The number of halogens is 5. The van der Waals surface area contributed by atoms with E-state index in [2.05, 4.69) is 25.0 Å². The molecule has 35 heavy (non-hydrogen) atoms. The molecular weight excluding hydrogens is 481 g/mol. The first kappa shape index (κ1) is 24.6. The van der Waals surface area contributed by atoms with Crippen LogP contribution >= 0.6 is 0 Å². The van der Waals surface area contributed by atoms with E-state index in [-0.39, 0.29) is 42.8 Å². The maximum atomic E-state index is 14.9. The number of ether oxygens (including phenoxy) is 3. The smallest absolute Gasteiger partial charge is 0.340 e. The molecule has 1 aromatic heterocycles. The molecule has 4 rings (SSSR count). The van der Waals surface area contributed by atoms with Crippen molar-refractivity contribution in [2.24, 2.45) is 16.1 Å². The number of aliphatic imine (C=N–C) groups is 1. The van der Waals surface area contributed by atoms with Crippen LogP contribution in [0.4, 0.5) is 27.6 Å². The minimum Gasteiger partial charge on any atom is -0.470 e. The molecule has 188 valence electrons. The maximum absolute atomic E-state index is 14.9. The summed E-state index contributed by atoms with van der Waals surface area (Å²) >= 11 is 0. The summed E-state index contributed by atoms with van der Waals surface area (Å²) in [6, 6.07) is 3.78. The van der Waals surface area contributed by atoms with E-state index in [0.717, 1.165) is 18.5 Å². The van der Waals surface area contributed by atoms with E-state index < -0.39 is 47.5 Å². The van der Waals surface area contributed by atoms with Gasteiger partial charge in [0, 0.05) is 11.3 Å². The number of nitrogens with two attached hydrogens (primary N) is 1. The molecule has 0 saturated carbocycles. The van der Waals surface area contributed by atoms with Crippen molar-refractivity contribution >= 4 is 17.6 Å². The molecular formula is C21H20F5N5O4. The average molecular weight is 501 g/mol. The molecule has 0 aliphatic carbocycles. The SMILES string of the molecule is CC12COCC1(c1cc(NC(=O)c3cnc(OCC(F)(F)C(F)F)cn3)ccc1F)N=C(N)OC2. The van der Waals surface area contributed by atoms with Crippen molar-refractivity contribution < 1.29 is 41.0 Å². The van der Waals surface area contributed by atoms with Gasteiger partial charge in [-0.3, -0.25) is 4.79 Å². The quantitative estimate of drug-likeness (QED) is 0.560. The van der Waals surface area contributed by atoms with Crippen LogP contribution in [0.2, 0.25) is 0 Å². The van der Waals surface area contributed by atoms with Crippen molar-refractivity contribution in [3.05, 3.63) is 47.7 Å². The summed E-state index contributed by atoms with van der Waals surface area (Å²) in [6.45, 7) is 0.695. The predicted molar refractivity (Wildman–Crippen MR) is 111 cm³/mol. The average Bonchev–Trinajstić information content (AvgIpc) is 3.16. The van der Waals surface area contributed by atoms with E-state index >= 15 is 0 Å². The van der Waals surface area contributed by atoms with Crippen LogP contribution in [0.3, 0.4) is 0 Å². The summed E-state index contributed by atoms with van der Waals surface area (Å²) in [5, 5.41) is 2.54. The first-order valence-corrected chi connectivity index (χ1v) is 10.2. The zero-order chi connectivity index (χ0) is 25.4. The van der Waals surface area contributed by atoms with Crippen LogP contribution in [-0.2, 0) is 15.0 Å². The molecule has 2 unspecified atom stereocenters. The molecule has 0 spiro atoms. The van der Waals surface area contributed by atoms with Crippen LogP contribution in [-0.4, -0.2) is 60.7 Å². The molecule has 1 amide bonds. The first-order chi connectivity index (χ1) is 16.5. The van der Waals surface area contributed by atoms with Gasteiger partial charge < -0.3 is 25.3 Å². The van der Waals surface area contributed by atoms with Crippen molar-refractivity contribution in [3.63, 3.8) is 0 Å². The van der Waals surface area contributed by atoms with E-state index in [1.165, 1.54) is 12.1 Å². The third-order valence-electron chi connectivity index (χ3n) is 5.83. The molecule has 3 N–H and O–H groups in total. The van der Waals surface area contributed by atoms with Gasteiger partial charge in [-0.05, 0) is 18.2 Å². The summed E-state index contributed by atoms with van der Waals surface area (Å²) < 4.78 is 80.7. The number of carbonyl (C=O) groups excluding carboxylic acids is 1. The van der Waals surface area contributed by atoms with Crippen LogP contribution in [0.1, 0.15) is 23.0 Å². The van der Waals surface area contributed by atoms with Gasteiger partial charge in [-0.25, -0.2) is 28.1 Å². The number of alkyl halides is 4. The summed E-state index contributed by atoms with van der Waals surface area (Å²) in [5.41, 5.74) is 4.01. The summed E-state index contributed by atoms with van der Waals surface area (Å²) in [5.74, 6) is -6.17. The zero-order valence-corrected chi connectivity index (χ0v) is 18.2. The Hall–Kier alpha value is -3.55. The van der Waals surface area contributed by atoms with Crippen molar-refractivity contribution in [2.75, 3.05) is 31.7 Å². The van der Waals surface area contributed by atoms with E-state index in [0.29, 0.717) is 0 Å². The molecule has 3 heterocycles. The van der Waals surface area contributed by atoms with Gasteiger partial charge >= 0.3 is 12.3 Å². The molecule has 2 aromatic rings. The van der Waals surface area contributed by atoms with E-state index in [9.17, 15) is 26.7 Å². The first-order valence-electron chi connectivity index (χ1n) is 10.2. The number of anilines is 1. The van der Waals surface area contributed by atoms with E-state index in [1.54, 1.807) is 0 Å². The molecule has 0 bridgehead atoms. The number of hydrogen-bond donors (Lipinski definition) is 2. The number of nitrogens with one attached hydrogen (secondary N) is 1. The molecule has 1 aromatic carbocycles. The van der Waals surface area contributed by atoms with E-state index in [4.69, 9.17) is 15.2 Å². The Balaban J connectivity index is 1.51. The Morgan fingerprint density at radius 1 is 1.26 bits per heavy atom. The Kier molecular flexibility index (Phi) is 6.25. The Bertz CT molecular complexity index is 1150. The van der Waals surface area contributed by atoms with Crippen LogP contribution < -0.4 is 15.8 Å². The van der Waals surface area contributed by atoms with Gasteiger partial charge in [0.2, 0.25) is 5.88 Å². The highest BCUT2D eigenvalue weighted by Crippen LogP contribution is 2.51. The lowest BCUT2D eigenvalue weighted by atomic mass is 9.69. The fourth-order valence-electron chi connectivity index (χ4n) is 3.82. The normalized spacial score (nSPS) is 23.9. The lowest BCUT2D eigenvalue weighted by Gasteiger charge is -2.42. The van der Waals surface area contributed by atoms with Gasteiger partial charge in [-0.15, -0.1) is 0 Å². The number of nitrogens with zero attached hydrogens (tertiary/aromatic N) is 3. The van der Waals surface area contributed by atoms with E-state index in [1.807, 2.05) is 6.92 Å². The maximum Gasteiger partial charge on any atom is 0.340 e. The van der Waals surface area contributed by atoms with Crippen molar-refractivity contribution in [3.8, 4) is 5.88 Å². The zero-order valence-electron chi connectivity index (χ0n) is 18.2. The molecule has 1 fully saturated rings. The van der Waals surface area contributed by atoms with Crippen LogP contribution in [0.15, 0.2) is 35.6 Å². The fourth-order valence-corrected chi connectivity index (χ4v) is 3.82.